The van der Waals surface area contributed by atoms with Gasteiger partial charge in [0.15, 0.2) is 0 Å². The topological polar surface area (TPSA) is 52.6 Å². The van der Waals surface area contributed by atoms with Crippen LogP contribution < -0.4 is 0 Å². The van der Waals surface area contributed by atoms with Crippen molar-refractivity contribution in [2.75, 3.05) is 13.2 Å². The number of ether oxygens (including phenoxy) is 2. The number of allylic oxidation sites excluding steroid dienone is 1. The molecule has 0 bridgehead atoms. The fraction of sp³-hybridized carbons (Fsp3) is 0.789. The lowest BCUT2D eigenvalue weighted by Gasteiger charge is -2.26. The zero-order valence-corrected chi connectivity index (χ0v) is 14.6. The zero-order valence-electron chi connectivity index (χ0n) is 14.6. The van der Waals surface area contributed by atoms with E-state index in [2.05, 4.69) is 0 Å². The van der Waals surface area contributed by atoms with Crippen molar-refractivity contribution < 1.29 is 19.1 Å². The molecule has 23 heavy (non-hydrogen) atoms. The highest BCUT2D eigenvalue weighted by atomic mass is 16.5. The van der Waals surface area contributed by atoms with Gasteiger partial charge in [0, 0.05) is 0 Å². The normalized spacial score (nSPS) is 25.1. The zero-order chi connectivity index (χ0) is 16.7. The molecule has 4 nitrogen and oxygen atoms in total. The van der Waals surface area contributed by atoms with E-state index < -0.39 is 0 Å². The first-order valence-electron chi connectivity index (χ1n) is 9.20. The number of carbonyl (C=O) groups is 2. The van der Waals surface area contributed by atoms with Crippen molar-refractivity contribution in [2.45, 2.75) is 71.6 Å². The van der Waals surface area contributed by atoms with Crippen LogP contribution in [0.4, 0.5) is 0 Å². The van der Waals surface area contributed by atoms with Gasteiger partial charge in [-0.2, -0.15) is 0 Å². The maximum Gasteiger partial charge on any atom is 0.309 e. The predicted molar refractivity (Wildman–Crippen MR) is 88.8 cm³/mol. The van der Waals surface area contributed by atoms with Gasteiger partial charge in [0.1, 0.15) is 0 Å². The van der Waals surface area contributed by atoms with Gasteiger partial charge in [-0.25, -0.2) is 0 Å². The molecule has 2 aliphatic carbocycles. The first-order chi connectivity index (χ1) is 11.2. The van der Waals surface area contributed by atoms with Crippen molar-refractivity contribution in [3.8, 4) is 0 Å². The Morgan fingerprint density at radius 2 is 1.70 bits per heavy atom. The lowest BCUT2D eigenvalue weighted by atomic mass is 9.80. The van der Waals surface area contributed by atoms with Crippen LogP contribution in [-0.2, 0) is 19.1 Å². The second-order valence-electron chi connectivity index (χ2n) is 6.57. The van der Waals surface area contributed by atoms with Crippen molar-refractivity contribution in [1.29, 1.82) is 0 Å². The van der Waals surface area contributed by atoms with Crippen molar-refractivity contribution in [2.24, 2.45) is 11.8 Å². The van der Waals surface area contributed by atoms with Gasteiger partial charge in [-0.05, 0) is 51.9 Å². The minimum absolute atomic E-state index is 0.0252. The third-order valence-electron chi connectivity index (χ3n) is 5.09. The number of hydrogen-bond acceptors (Lipinski definition) is 4. The Bertz CT molecular complexity index is 452. The summed E-state index contributed by atoms with van der Waals surface area (Å²) >= 11 is 0. The molecule has 130 valence electrons. The molecule has 0 aromatic carbocycles. The lowest BCUT2D eigenvalue weighted by molar-refractivity contribution is -0.149. The Labute approximate surface area is 139 Å². The average Bonchev–Trinajstić information content (AvgIpc) is 2.82. The van der Waals surface area contributed by atoms with Crippen LogP contribution in [0.3, 0.4) is 0 Å². The highest BCUT2D eigenvalue weighted by molar-refractivity contribution is 5.74. The largest absolute Gasteiger partial charge is 0.466 e. The SMILES string of the molecule is CCOC(=O)CC1=C([C@@H]2CCCCC[C@@H]2C(=O)OCC)CCC1. The van der Waals surface area contributed by atoms with E-state index in [0.717, 1.165) is 44.9 Å². The van der Waals surface area contributed by atoms with Crippen LogP contribution >= 0.6 is 0 Å². The van der Waals surface area contributed by atoms with E-state index in [1.54, 1.807) is 0 Å². The van der Waals surface area contributed by atoms with Gasteiger partial charge in [0.05, 0.1) is 25.6 Å². The average molecular weight is 322 g/mol. The number of carbonyl (C=O) groups excluding carboxylic acids is 2. The van der Waals surface area contributed by atoms with Crippen LogP contribution in [0.1, 0.15) is 71.6 Å². The summed E-state index contributed by atoms with van der Waals surface area (Å²) in [5.41, 5.74) is 2.59. The molecule has 0 radical (unpaired) electrons. The molecule has 0 aromatic heterocycles. The molecule has 1 saturated carbocycles. The molecule has 2 aliphatic rings. The van der Waals surface area contributed by atoms with Gasteiger partial charge >= 0.3 is 11.9 Å². The smallest absolute Gasteiger partial charge is 0.309 e. The highest BCUT2D eigenvalue weighted by Gasteiger charge is 2.35. The van der Waals surface area contributed by atoms with Gasteiger partial charge in [-0.15, -0.1) is 0 Å². The first-order valence-corrected chi connectivity index (χ1v) is 9.20. The van der Waals surface area contributed by atoms with Crippen LogP contribution in [0.2, 0.25) is 0 Å². The molecule has 0 spiro atoms. The summed E-state index contributed by atoms with van der Waals surface area (Å²) in [6.07, 6.45) is 8.90. The summed E-state index contributed by atoms with van der Waals surface area (Å²) in [5.74, 6) is 0.0590. The fourth-order valence-electron chi connectivity index (χ4n) is 4.12. The van der Waals surface area contributed by atoms with Gasteiger partial charge in [0.2, 0.25) is 0 Å². The molecule has 0 N–H and O–H groups in total. The summed E-state index contributed by atoms with van der Waals surface area (Å²) in [7, 11) is 0. The Morgan fingerprint density at radius 1 is 0.957 bits per heavy atom. The van der Waals surface area contributed by atoms with Gasteiger partial charge in [0.25, 0.3) is 0 Å². The summed E-state index contributed by atoms with van der Waals surface area (Å²) in [6.45, 7) is 4.57. The predicted octanol–water partition coefficient (Wildman–Crippen LogP) is 4.18. The molecule has 0 amide bonds. The second-order valence-corrected chi connectivity index (χ2v) is 6.57. The first kappa shape index (κ1) is 18.0. The van der Waals surface area contributed by atoms with E-state index in [1.807, 2.05) is 13.8 Å². The molecule has 0 unspecified atom stereocenters. The molecule has 0 aromatic rings. The van der Waals surface area contributed by atoms with E-state index in [0.29, 0.717) is 19.6 Å². The number of esters is 2. The van der Waals surface area contributed by atoms with Crippen molar-refractivity contribution in [3.05, 3.63) is 11.1 Å². The van der Waals surface area contributed by atoms with E-state index in [4.69, 9.17) is 9.47 Å². The molecule has 0 saturated heterocycles. The summed E-state index contributed by atoms with van der Waals surface area (Å²) in [4.78, 5) is 24.3. The Morgan fingerprint density at radius 3 is 2.43 bits per heavy atom. The summed E-state index contributed by atoms with van der Waals surface area (Å²) in [6, 6.07) is 0. The lowest BCUT2D eigenvalue weighted by Crippen LogP contribution is -2.27. The number of hydrogen-bond donors (Lipinski definition) is 0. The van der Waals surface area contributed by atoms with Crippen molar-refractivity contribution >= 4 is 11.9 Å². The van der Waals surface area contributed by atoms with Crippen LogP contribution in [0.25, 0.3) is 0 Å². The second kappa shape index (κ2) is 9.09. The monoisotopic (exact) mass is 322 g/mol. The van der Waals surface area contributed by atoms with E-state index >= 15 is 0 Å². The molecule has 2 rings (SSSR count). The van der Waals surface area contributed by atoms with E-state index in [9.17, 15) is 9.59 Å². The Hall–Kier alpha value is -1.32. The third-order valence-corrected chi connectivity index (χ3v) is 5.09. The van der Waals surface area contributed by atoms with Crippen LogP contribution in [0.15, 0.2) is 11.1 Å². The Kier molecular flexibility index (Phi) is 7.13. The summed E-state index contributed by atoms with van der Waals surface area (Å²) < 4.78 is 10.4. The minimum atomic E-state index is -0.136. The van der Waals surface area contributed by atoms with Crippen molar-refractivity contribution in [3.63, 3.8) is 0 Å². The molecule has 2 atom stereocenters. The summed E-state index contributed by atoms with van der Waals surface area (Å²) in [5, 5.41) is 0. The van der Waals surface area contributed by atoms with Crippen molar-refractivity contribution in [1.82, 2.24) is 0 Å². The van der Waals surface area contributed by atoms with Crippen LogP contribution in [0.5, 0.6) is 0 Å². The quantitative estimate of drug-likeness (QED) is 0.418. The van der Waals surface area contributed by atoms with Crippen LogP contribution in [-0.4, -0.2) is 25.2 Å². The molecule has 1 fully saturated rings. The fourth-order valence-corrected chi connectivity index (χ4v) is 4.12. The van der Waals surface area contributed by atoms with Gasteiger partial charge in [-0.1, -0.05) is 30.4 Å². The van der Waals surface area contributed by atoms with E-state index in [1.165, 1.54) is 17.6 Å². The maximum absolute atomic E-state index is 12.4. The Balaban J connectivity index is 2.18. The standard InChI is InChI=1S/C19H30O4/c1-3-22-18(20)13-14-9-8-12-15(14)16-10-6-5-7-11-17(16)19(21)23-4-2/h16-17H,3-13H2,1-2H3/t16-,17-/m0/s1. The maximum atomic E-state index is 12.4. The molecule has 4 heteroatoms. The minimum Gasteiger partial charge on any atom is -0.466 e. The van der Waals surface area contributed by atoms with E-state index in [-0.39, 0.29) is 23.8 Å². The molecular formula is C19H30O4. The third kappa shape index (κ3) is 4.82. The molecule has 0 aliphatic heterocycles. The van der Waals surface area contributed by atoms with Crippen LogP contribution in [0, 0.1) is 11.8 Å². The highest BCUT2D eigenvalue weighted by Crippen LogP contribution is 2.42. The molecule has 0 heterocycles. The number of rotatable bonds is 6. The molecular weight excluding hydrogens is 292 g/mol. The van der Waals surface area contributed by atoms with Gasteiger partial charge < -0.3 is 9.47 Å². The van der Waals surface area contributed by atoms with Gasteiger partial charge in [-0.3, -0.25) is 9.59 Å².